The number of benzene rings is 3. The van der Waals surface area contributed by atoms with Crippen LogP contribution in [0.1, 0.15) is 22.3 Å². The fraction of sp³-hybridized carbons (Fsp3) is 0.115. The Morgan fingerprint density at radius 3 is 2.44 bits per heavy atom. The minimum absolute atomic E-state index is 0.209. The van der Waals surface area contributed by atoms with E-state index in [0.29, 0.717) is 28.0 Å². The second-order valence-corrected chi connectivity index (χ2v) is 8.68. The van der Waals surface area contributed by atoms with Gasteiger partial charge >= 0.3 is 6.03 Å². The number of rotatable bonds is 5. The molecule has 0 unspecified atom stereocenters. The highest BCUT2D eigenvalue weighted by molar-refractivity contribution is 6.39. The average molecular weight is 495 g/mol. The molecule has 4 rings (SSSR count). The van der Waals surface area contributed by atoms with Gasteiger partial charge in [-0.3, -0.25) is 14.9 Å². The number of halogens is 2. The first-order chi connectivity index (χ1) is 16.2. The minimum Gasteiger partial charge on any atom is -0.487 e. The van der Waals surface area contributed by atoms with Gasteiger partial charge in [0.1, 0.15) is 17.9 Å². The molecule has 172 valence electrons. The van der Waals surface area contributed by atoms with Gasteiger partial charge in [0.05, 0.1) is 10.7 Å². The summed E-state index contributed by atoms with van der Waals surface area (Å²) in [5.74, 6) is -1.08. The molecular weight excluding hydrogens is 475 g/mol. The molecule has 1 N–H and O–H groups in total. The van der Waals surface area contributed by atoms with Crippen molar-refractivity contribution in [2.75, 3.05) is 4.90 Å². The normalized spacial score (nSPS) is 15.0. The lowest BCUT2D eigenvalue weighted by Crippen LogP contribution is -2.54. The third kappa shape index (κ3) is 4.98. The smallest absolute Gasteiger partial charge is 0.335 e. The van der Waals surface area contributed by atoms with Crippen molar-refractivity contribution >= 4 is 52.8 Å². The summed E-state index contributed by atoms with van der Waals surface area (Å²) >= 11 is 12.4. The summed E-state index contributed by atoms with van der Waals surface area (Å²) in [5.41, 5.74) is 3.94. The molecule has 3 aromatic rings. The summed E-state index contributed by atoms with van der Waals surface area (Å²) < 4.78 is 5.84. The van der Waals surface area contributed by atoms with Crippen LogP contribution < -0.4 is 15.0 Å². The van der Waals surface area contributed by atoms with Crippen LogP contribution in [0.3, 0.4) is 0 Å². The Balaban J connectivity index is 1.55. The van der Waals surface area contributed by atoms with Crippen molar-refractivity contribution in [3.63, 3.8) is 0 Å². The Morgan fingerprint density at radius 2 is 1.74 bits per heavy atom. The molecule has 0 aromatic heterocycles. The fourth-order valence-electron chi connectivity index (χ4n) is 3.45. The van der Waals surface area contributed by atoms with Crippen LogP contribution in [0.5, 0.6) is 5.75 Å². The summed E-state index contributed by atoms with van der Waals surface area (Å²) in [6.07, 6.45) is 1.38. The molecule has 1 aliphatic rings. The van der Waals surface area contributed by atoms with E-state index in [4.69, 9.17) is 27.9 Å². The maximum atomic E-state index is 13.0. The lowest BCUT2D eigenvalue weighted by atomic mass is 10.1. The lowest BCUT2D eigenvalue weighted by molar-refractivity contribution is -0.122. The van der Waals surface area contributed by atoms with Crippen molar-refractivity contribution in [3.8, 4) is 5.75 Å². The van der Waals surface area contributed by atoms with Gasteiger partial charge in [0, 0.05) is 5.02 Å². The molecule has 1 aliphatic heterocycles. The van der Waals surface area contributed by atoms with Crippen molar-refractivity contribution in [2.24, 2.45) is 0 Å². The van der Waals surface area contributed by atoms with Crippen LogP contribution in [0.25, 0.3) is 6.08 Å². The highest BCUT2D eigenvalue weighted by atomic mass is 35.5. The number of urea groups is 1. The van der Waals surface area contributed by atoms with Crippen molar-refractivity contribution < 1.29 is 19.1 Å². The van der Waals surface area contributed by atoms with Crippen LogP contribution in [-0.2, 0) is 16.2 Å². The highest BCUT2D eigenvalue weighted by Gasteiger charge is 2.36. The molecule has 0 atom stereocenters. The average Bonchev–Trinajstić information content (AvgIpc) is 2.78. The van der Waals surface area contributed by atoms with Crippen LogP contribution in [0.2, 0.25) is 10.0 Å². The number of imide groups is 2. The number of carbonyl (C=O) groups is 3. The van der Waals surface area contributed by atoms with Gasteiger partial charge in [-0.2, -0.15) is 0 Å². The van der Waals surface area contributed by atoms with E-state index in [1.165, 1.54) is 23.3 Å². The first-order valence-electron chi connectivity index (χ1n) is 10.4. The summed E-state index contributed by atoms with van der Waals surface area (Å²) in [6.45, 7) is 4.43. The van der Waals surface area contributed by atoms with E-state index in [1.54, 1.807) is 36.4 Å². The van der Waals surface area contributed by atoms with E-state index < -0.39 is 17.8 Å². The standard InChI is InChI=1S/C26H20Cl2N2O4/c1-15-6-7-18(10-16(15)2)14-34-23-9-8-17(12-22(23)28)11-21-24(31)29-26(33)30(25(21)32)20-5-3-4-19(27)13-20/h3-13H,14H2,1-2H3,(H,29,31,33)/b21-11+. The van der Waals surface area contributed by atoms with E-state index in [-0.39, 0.29) is 11.3 Å². The zero-order valence-electron chi connectivity index (χ0n) is 18.4. The maximum absolute atomic E-state index is 13.0. The van der Waals surface area contributed by atoms with E-state index >= 15 is 0 Å². The Labute approximate surface area is 206 Å². The van der Waals surface area contributed by atoms with Crippen LogP contribution in [0.4, 0.5) is 10.5 Å². The lowest BCUT2D eigenvalue weighted by Gasteiger charge is -2.26. The number of nitrogens with zero attached hydrogens (tertiary/aromatic N) is 1. The van der Waals surface area contributed by atoms with Crippen LogP contribution in [0.15, 0.2) is 66.2 Å². The zero-order valence-corrected chi connectivity index (χ0v) is 19.9. The number of anilines is 1. The molecule has 1 heterocycles. The van der Waals surface area contributed by atoms with Gasteiger partial charge in [-0.15, -0.1) is 0 Å². The van der Waals surface area contributed by atoms with Gasteiger partial charge in [0.25, 0.3) is 11.8 Å². The Hall–Kier alpha value is -3.61. The predicted molar refractivity (Wildman–Crippen MR) is 132 cm³/mol. The largest absolute Gasteiger partial charge is 0.487 e. The summed E-state index contributed by atoms with van der Waals surface area (Å²) in [4.78, 5) is 38.6. The van der Waals surface area contributed by atoms with Gasteiger partial charge in [0.15, 0.2) is 0 Å². The number of nitrogens with one attached hydrogen (secondary N) is 1. The molecule has 0 saturated carbocycles. The van der Waals surface area contributed by atoms with Gasteiger partial charge in [-0.25, -0.2) is 9.69 Å². The second kappa shape index (κ2) is 9.71. The Kier molecular flexibility index (Phi) is 6.72. The van der Waals surface area contributed by atoms with Crippen molar-refractivity contribution in [1.29, 1.82) is 0 Å². The number of amides is 4. The number of ether oxygens (including phenoxy) is 1. The molecule has 0 bridgehead atoms. The van der Waals surface area contributed by atoms with Crippen molar-refractivity contribution in [3.05, 3.63) is 98.5 Å². The molecule has 3 aromatic carbocycles. The number of hydrogen-bond acceptors (Lipinski definition) is 4. The molecule has 0 radical (unpaired) electrons. The number of hydrogen-bond donors (Lipinski definition) is 1. The van der Waals surface area contributed by atoms with Gasteiger partial charge < -0.3 is 4.74 Å². The molecule has 34 heavy (non-hydrogen) atoms. The van der Waals surface area contributed by atoms with Crippen LogP contribution in [0, 0.1) is 13.8 Å². The predicted octanol–water partition coefficient (Wildman–Crippen LogP) is 5.86. The third-order valence-electron chi connectivity index (χ3n) is 5.40. The Bertz CT molecular complexity index is 1350. The minimum atomic E-state index is -0.845. The van der Waals surface area contributed by atoms with Crippen LogP contribution >= 0.6 is 23.2 Å². The van der Waals surface area contributed by atoms with E-state index in [0.717, 1.165) is 10.5 Å². The summed E-state index contributed by atoms with van der Waals surface area (Å²) in [6, 6.07) is 16.4. The zero-order chi connectivity index (χ0) is 24.4. The van der Waals surface area contributed by atoms with Gasteiger partial charge in [0.2, 0.25) is 0 Å². The molecular formula is C26H20Cl2N2O4. The first kappa shape index (κ1) is 23.5. The van der Waals surface area contributed by atoms with E-state index in [2.05, 4.69) is 11.4 Å². The van der Waals surface area contributed by atoms with Crippen molar-refractivity contribution in [1.82, 2.24) is 5.32 Å². The summed E-state index contributed by atoms with van der Waals surface area (Å²) in [7, 11) is 0. The van der Waals surface area contributed by atoms with Gasteiger partial charge in [-0.05, 0) is 72.5 Å². The van der Waals surface area contributed by atoms with Gasteiger partial charge in [-0.1, -0.05) is 53.5 Å². The van der Waals surface area contributed by atoms with Crippen LogP contribution in [-0.4, -0.2) is 17.8 Å². The third-order valence-corrected chi connectivity index (χ3v) is 5.93. The molecule has 1 saturated heterocycles. The van der Waals surface area contributed by atoms with Crippen molar-refractivity contribution in [2.45, 2.75) is 20.5 Å². The number of carbonyl (C=O) groups excluding carboxylic acids is 3. The van der Waals surface area contributed by atoms with E-state index in [9.17, 15) is 14.4 Å². The summed E-state index contributed by atoms with van der Waals surface area (Å²) in [5, 5.41) is 2.85. The number of aryl methyl sites for hydroxylation is 2. The second-order valence-electron chi connectivity index (χ2n) is 7.83. The Morgan fingerprint density at radius 1 is 0.941 bits per heavy atom. The number of barbiturate groups is 1. The first-order valence-corrected chi connectivity index (χ1v) is 11.1. The van der Waals surface area contributed by atoms with E-state index in [1.807, 2.05) is 26.0 Å². The molecule has 0 spiro atoms. The molecule has 4 amide bonds. The molecule has 0 aliphatic carbocycles. The SMILES string of the molecule is Cc1ccc(COc2ccc(/C=C3\C(=O)NC(=O)N(c4cccc(Cl)c4)C3=O)cc2Cl)cc1C. The molecule has 1 fully saturated rings. The quantitative estimate of drug-likeness (QED) is 0.356. The monoisotopic (exact) mass is 494 g/mol. The topological polar surface area (TPSA) is 75.7 Å². The maximum Gasteiger partial charge on any atom is 0.335 e. The molecule has 6 nitrogen and oxygen atoms in total. The fourth-order valence-corrected chi connectivity index (χ4v) is 3.88. The molecule has 8 heteroatoms. The highest BCUT2D eigenvalue weighted by Crippen LogP contribution is 2.29.